The van der Waals surface area contributed by atoms with E-state index < -0.39 is 10.2 Å². The van der Waals surface area contributed by atoms with Crippen LogP contribution in [0.4, 0.5) is 0 Å². The molecule has 0 spiro atoms. The highest BCUT2D eigenvalue weighted by Crippen LogP contribution is 2.16. The van der Waals surface area contributed by atoms with Gasteiger partial charge in [-0.2, -0.15) is 17.0 Å². The van der Waals surface area contributed by atoms with Crippen molar-refractivity contribution in [1.82, 2.24) is 13.9 Å². The van der Waals surface area contributed by atoms with Crippen LogP contribution in [0.2, 0.25) is 0 Å². The predicted molar refractivity (Wildman–Crippen MR) is 94.8 cm³/mol. The highest BCUT2D eigenvalue weighted by atomic mass is 32.2. The van der Waals surface area contributed by atoms with E-state index in [1.165, 1.54) is 28.3 Å². The number of benzene rings is 1. The van der Waals surface area contributed by atoms with E-state index in [-0.39, 0.29) is 11.9 Å². The number of rotatable bonds is 6. The smallest absolute Gasteiger partial charge is 0.281 e. The summed E-state index contributed by atoms with van der Waals surface area (Å²) >= 11 is 0. The fourth-order valence-electron chi connectivity index (χ4n) is 2.77. The van der Waals surface area contributed by atoms with E-state index in [0.717, 1.165) is 12.0 Å². The molecule has 1 N–H and O–H groups in total. The van der Waals surface area contributed by atoms with Crippen molar-refractivity contribution in [2.45, 2.75) is 38.6 Å². The minimum Gasteiger partial charge on any atom is -0.353 e. The van der Waals surface area contributed by atoms with Gasteiger partial charge in [0.15, 0.2) is 0 Å². The van der Waals surface area contributed by atoms with Gasteiger partial charge in [0.05, 0.1) is 0 Å². The number of hydrogen-bond donors (Lipinski definition) is 1. The van der Waals surface area contributed by atoms with Crippen LogP contribution < -0.4 is 5.32 Å². The number of piperidine rings is 1. The molecule has 24 heavy (non-hydrogen) atoms. The maximum Gasteiger partial charge on any atom is 0.281 e. The largest absolute Gasteiger partial charge is 0.353 e. The molecule has 1 aromatic carbocycles. The molecule has 1 saturated heterocycles. The normalized spacial score (nSPS) is 17.2. The zero-order valence-electron chi connectivity index (χ0n) is 14.7. The zero-order chi connectivity index (χ0) is 17.7. The molecule has 7 heteroatoms. The monoisotopic (exact) mass is 353 g/mol. The molecule has 6 nitrogen and oxygen atoms in total. The van der Waals surface area contributed by atoms with Gasteiger partial charge >= 0.3 is 0 Å². The van der Waals surface area contributed by atoms with Crippen LogP contribution in [0.1, 0.15) is 30.4 Å². The van der Waals surface area contributed by atoms with E-state index in [1.807, 2.05) is 31.2 Å². The first-order valence-electron chi connectivity index (χ1n) is 8.31. The number of nitrogens with one attached hydrogen (secondary N) is 1. The predicted octanol–water partition coefficient (Wildman–Crippen LogP) is 1.31. The van der Waals surface area contributed by atoms with Crippen LogP contribution in [-0.4, -0.2) is 56.2 Å². The Morgan fingerprint density at radius 1 is 1.21 bits per heavy atom. The maximum absolute atomic E-state index is 12.1. The highest BCUT2D eigenvalue weighted by molar-refractivity contribution is 7.86. The summed E-state index contributed by atoms with van der Waals surface area (Å²) in [6.45, 7) is 2.94. The Labute approximate surface area is 145 Å². The first-order valence-corrected chi connectivity index (χ1v) is 9.71. The van der Waals surface area contributed by atoms with E-state index >= 15 is 0 Å². The molecule has 0 bridgehead atoms. The number of carbonyl (C=O) groups excluding carboxylic acids is 1. The topological polar surface area (TPSA) is 69.7 Å². The first kappa shape index (κ1) is 18.9. The Bertz CT molecular complexity index is 648. The summed E-state index contributed by atoms with van der Waals surface area (Å²) in [6.07, 6.45) is 2.49. The molecule has 1 heterocycles. The number of aryl methyl sites for hydroxylation is 2. The lowest BCUT2D eigenvalue weighted by molar-refractivity contribution is -0.122. The lowest BCUT2D eigenvalue weighted by Crippen LogP contribution is -2.49. The fourth-order valence-corrected chi connectivity index (χ4v) is 3.91. The first-order chi connectivity index (χ1) is 11.3. The van der Waals surface area contributed by atoms with Crippen molar-refractivity contribution in [2.75, 3.05) is 27.2 Å². The Kier molecular flexibility index (Phi) is 6.37. The van der Waals surface area contributed by atoms with Gasteiger partial charge in [-0.25, -0.2) is 0 Å². The molecule has 0 saturated carbocycles. The van der Waals surface area contributed by atoms with Crippen LogP contribution in [-0.2, 0) is 21.4 Å². The van der Waals surface area contributed by atoms with Crippen molar-refractivity contribution in [2.24, 2.45) is 0 Å². The second-order valence-electron chi connectivity index (χ2n) is 6.52. The van der Waals surface area contributed by atoms with E-state index in [1.54, 1.807) is 0 Å². The molecule has 1 amide bonds. The summed E-state index contributed by atoms with van der Waals surface area (Å²) in [7, 11) is -0.276. The van der Waals surface area contributed by atoms with Crippen molar-refractivity contribution in [1.29, 1.82) is 0 Å². The zero-order valence-corrected chi connectivity index (χ0v) is 15.5. The fraction of sp³-hybridized carbons (Fsp3) is 0.588. The van der Waals surface area contributed by atoms with Gasteiger partial charge in [-0.05, 0) is 31.7 Å². The quantitative estimate of drug-likeness (QED) is 0.838. The van der Waals surface area contributed by atoms with Gasteiger partial charge in [-0.3, -0.25) is 4.79 Å². The number of hydrogen-bond acceptors (Lipinski definition) is 3. The number of amides is 1. The minimum atomic E-state index is -3.35. The Hall–Kier alpha value is -1.44. The van der Waals surface area contributed by atoms with Crippen molar-refractivity contribution in [3.8, 4) is 0 Å². The summed E-state index contributed by atoms with van der Waals surface area (Å²) in [5, 5.41) is 3.03. The molecule has 2 rings (SSSR count). The second kappa shape index (κ2) is 8.09. The Balaban J connectivity index is 1.75. The van der Waals surface area contributed by atoms with Crippen LogP contribution in [0.3, 0.4) is 0 Å². The SMILES string of the molecule is Cc1ccc(CCC(=O)NC2CCN(S(=O)(=O)N(C)C)CC2)cc1. The summed E-state index contributed by atoms with van der Waals surface area (Å²) < 4.78 is 26.8. The van der Waals surface area contributed by atoms with Gasteiger partial charge in [-0.1, -0.05) is 29.8 Å². The van der Waals surface area contributed by atoms with E-state index in [4.69, 9.17) is 0 Å². The lowest BCUT2D eigenvalue weighted by atomic mass is 10.1. The summed E-state index contributed by atoms with van der Waals surface area (Å²) in [4.78, 5) is 12.1. The third-order valence-corrected chi connectivity index (χ3v) is 6.31. The van der Waals surface area contributed by atoms with Crippen LogP contribution in [0, 0.1) is 6.92 Å². The van der Waals surface area contributed by atoms with Gasteiger partial charge in [0.1, 0.15) is 0 Å². The molecule has 0 aliphatic carbocycles. The lowest BCUT2D eigenvalue weighted by Gasteiger charge is -2.33. The van der Waals surface area contributed by atoms with Gasteiger partial charge < -0.3 is 5.32 Å². The molecule has 0 unspecified atom stereocenters. The minimum absolute atomic E-state index is 0.0319. The van der Waals surface area contributed by atoms with Crippen molar-refractivity contribution in [3.63, 3.8) is 0 Å². The average molecular weight is 353 g/mol. The molecule has 0 radical (unpaired) electrons. The third kappa shape index (κ3) is 5.03. The van der Waals surface area contributed by atoms with Crippen LogP contribution in [0.5, 0.6) is 0 Å². The van der Waals surface area contributed by atoms with Crippen molar-refractivity contribution < 1.29 is 13.2 Å². The molecular formula is C17H27N3O3S. The van der Waals surface area contributed by atoms with Crippen molar-refractivity contribution in [3.05, 3.63) is 35.4 Å². The second-order valence-corrected chi connectivity index (χ2v) is 8.66. The van der Waals surface area contributed by atoms with Gasteiger partial charge in [0, 0.05) is 39.6 Å². The van der Waals surface area contributed by atoms with Crippen LogP contribution in [0.15, 0.2) is 24.3 Å². The molecule has 1 aromatic rings. The average Bonchev–Trinajstić information content (AvgIpc) is 2.54. The number of nitrogens with zero attached hydrogens (tertiary/aromatic N) is 2. The molecule has 134 valence electrons. The van der Waals surface area contributed by atoms with E-state index in [9.17, 15) is 13.2 Å². The van der Waals surface area contributed by atoms with Gasteiger partial charge in [-0.15, -0.1) is 0 Å². The molecule has 1 aliphatic heterocycles. The van der Waals surface area contributed by atoms with Crippen LogP contribution in [0.25, 0.3) is 0 Å². The maximum atomic E-state index is 12.1. The molecule has 0 atom stereocenters. The molecule has 1 aliphatic rings. The summed E-state index contributed by atoms with van der Waals surface area (Å²) in [5.74, 6) is 0.0319. The molecular weight excluding hydrogens is 326 g/mol. The van der Waals surface area contributed by atoms with E-state index in [2.05, 4.69) is 5.32 Å². The summed E-state index contributed by atoms with van der Waals surface area (Å²) in [6, 6.07) is 8.26. The van der Waals surface area contributed by atoms with Crippen LogP contribution >= 0.6 is 0 Å². The molecule has 1 fully saturated rings. The third-order valence-electron chi connectivity index (χ3n) is 4.37. The summed E-state index contributed by atoms with van der Waals surface area (Å²) in [5.41, 5.74) is 2.37. The van der Waals surface area contributed by atoms with Gasteiger partial charge in [0.25, 0.3) is 10.2 Å². The van der Waals surface area contributed by atoms with Gasteiger partial charge in [0.2, 0.25) is 5.91 Å². The van der Waals surface area contributed by atoms with Crippen molar-refractivity contribution >= 4 is 16.1 Å². The highest BCUT2D eigenvalue weighted by Gasteiger charge is 2.29. The molecule has 0 aromatic heterocycles. The van der Waals surface area contributed by atoms with E-state index in [0.29, 0.717) is 32.4 Å². The Morgan fingerprint density at radius 2 is 1.79 bits per heavy atom. The Morgan fingerprint density at radius 3 is 2.33 bits per heavy atom. The standard InChI is InChI=1S/C17H27N3O3S/c1-14-4-6-15(7-5-14)8-9-17(21)18-16-10-12-20(13-11-16)24(22,23)19(2)3/h4-7,16H,8-13H2,1-3H3,(H,18,21). The number of carbonyl (C=O) groups is 1.